The molecule has 34 heavy (non-hydrogen) atoms. The van der Waals surface area contributed by atoms with Crippen LogP contribution in [-0.2, 0) is 15.1 Å². The van der Waals surface area contributed by atoms with Crippen LogP contribution in [0, 0.1) is 11.3 Å². The molecule has 0 amide bonds. The summed E-state index contributed by atoms with van der Waals surface area (Å²) in [7, 11) is 0. The normalized spacial score (nSPS) is 44.8. The lowest BCUT2D eigenvalue weighted by atomic mass is 9.56. The van der Waals surface area contributed by atoms with Gasteiger partial charge in [0.2, 0.25) is 0 Å². The first kappa shape index (κ1) is 20.9. The molecular weight excluding hydrogens is 430 g/mol. The molecule has 0 unspecified atom stereocenters. The first-order valence-electron chi connectivity index (χ1n) is 12.3. The van der Waals surface area contributed by atoms with Crippen molar-refractivity contribution < 1.29 is 24.9 Å². The van der Waals surface area contributed by atoms with Crippen LogP contribution in [0.2, 0.25) is 0 Å². The Labute approximate surface area is 198 Å². The van der Waals surface area contributed by atoms with E-state index < -0.39 is 34.4 Å². The van der Waals surface area contributed by atoms with Gasteiger partial charge in [0.1, 0.15) is 6.10 Å². The van der Waals surface area contributed by atoms with Gasteiger partial charge in [-0.05, 0) is 66.3 Å². The van der Waals surface area contributed by atoms with E-state index in [9.17, 15) is 20.1 Å². The first-order valence-corrected chi connectivity index (χ1v) is 12.3. The van der Waals surface area contributed by atoms with E-state index in [1.807, 2.05) is 37.3 Å². The quantitative estimate of drug-likeness (QED) is 0.606. The van der Waals surface area contributed by atoms with Crippen molar-refractivity contribution in [1.82, 2.24) is 4.98 Å². The van der Waals surface area contributed by atoms with E-state index in [1.165, 1.54) is 0 Å². The Hall–Kier alpha value is -2.38. The summed E-state index contributed by atoms with van der Waals surface area (Å²) in [6.45, 7) is 2.03. The molecule has 7 atom stereocenters. The highest BCUT2D eigenvalue weighted by atomic mass is 16.5. The zero-order chi connectivity index (χ0) is 23.5. The second kappa shape index (κ2) is 6.43. The number of hydrogen-bond donors (Lipinski definition) is 3. The highest BCUT2D eigenvalue weighted by Crippen LogP contribution is 2.69. The molecule has 6 nitrogen and oxygen atoms in total. The molecule has 6 heteroatoms. The van der Waals surface area contributed by atoms with Crippen LogP contribution in [0.3, 0.4) is 0 Å². The van der Waals surface area contributed by atoms with Crippen LogP contribution < -0.4 is 0 Å². The topological polar surface area (TPSA) is 99.9 Å². The average Bonchev–Trinajstić information content (AvgIpc) is 3.27. The lowest BCUT2D eigenvalue weighted by molar-refractivity contribution is -0.174. The van der Waals surface area contributed by atoms with Crippen molar-refractivity contribution in [2.75, 3.05) is 0 Å². The van der Waals surface area contributed by atoms with Gasteiger partial charge in [0.15, 0.2) is 11.4 Å². The van der Waals surface area contributed by atoms with Gasteiger partial charge in [0.05, 0.1) is 17.3 Å². The number of aliphatic hydroxyl groups is 3. The Morgan fingerprint density at radius 1 is 1.12 bits per heavy atom. The van der Waals surface area contributed by atoms with Crippen LogP contribution in [0.1, 0.15) is 51.0 Å². The molecule has 176 valence electrons. The van der Waals surface area contributed by atoms with Crippen LogP contribution in [0.4, 0.5) is 0 Å². The number of carbonyl (C=O) groups is 1. The predicted molar refractivity (Wildman–Crippen MR) is 125 cm³/mol. The summed E-state index contributed by atoms with van der Waals surface area (Å²) < 4.78 is 6.95. The monoisotopic (exact) mass is 459 g/mol. The van der Waals surface area contributed by atoms with Gasteiger partial charge >= 0.3 is 0 Å². The largest absolute Gasteiger partial charge is 0.390 e. The number of rotatable bonds is 1. The van der Waals surface area contributed by atoms with Crippen molar-refractivity contribution in [1.29, 1.82) is 0 Å². The molecule has 5 aliphatic rings. The summed E-state index contributed by atoms with van der Waals surface area (Å²) in [5.41, 5.74) is -1.21. The molecule has 2 bridgehead atoms. The fourth-order valence-electron chi connectivity index (χ4n) is 7.99. The van der Waals surface area contributed by atoms with E-state index in [-0.39, 0.29) is 18.1 Å². The molecule has 3 fully saturated rings. The number of nitrogens with zero attached hydrogens (tertiary/aromatic N) is 1. The summed E-state index contributed by atoms with van der Waals surface area (Å²) in [5, 5.41) is 35.2. The Balaban J connectivity index is 1.38. The molecule has 2 spiro atoms. The van der Waals surface area contributed by atoms with Crippen molar-refractivity contribution in [2.45, 2.75) is 74.5 Å². The van der Waals surface area contributed by atoms with Crippen LogP contribution >= 0.6 is 0 Å². The van der Waals surface area contributed by atoms with Crippen molar-refractivity contribution in [2.24, 2.45) is 11.3 Å². The number of aromatic nitrogens is 1. The number of carbonyl (C=O) groups excluding carboxylic acids is 1. The van der Waals surface area contributed by atoms with Gasteiger partial charge in [0, 0.05) is 35.5 Å². The lowest BCUT2D eigenvalue weighted by Gasteiger charge is -2.55. The standard InChI is InChI=1S/C28H29NO5/c1-25-7-4-18-13-20-24(32)21(30)5-8-26(20)9-10-27(18,34-26)22(25)14-23(31)28(25,33)19-3-2-16-6-11-29-15-17(16)12-19/h2-4,6,11-13,15,21-22,24,30,32-33H,5,7-10,14H2,1H3/t21-,22-,24-,25+,26+,27-,28-/m1/s1. The third-order valence-electron chi connectivity index (χ3n) is 9.89. The summed E-state index contributed by atoms with van der Waals surface area (Å²) in [6.07, 6.45) is 9.35. The molecule has 2 aliphatic heterocycles. The Morgan fingerprint density at radius 3 is 2.82 bits per heavy atom. The number of Topliss-reactive ketones (excluding diaryl/α,β-unsaturated/α-hetero) is 1. The molecular formula is C28H29NO5. The zero-order valence-electron chi connectivity index (χ0n) is 19.2. The van der Waals surface area contributed by atoms with Crippen molar-refractivity contribution in [3.8, 4) is 0 Å². The number of pyridine rings is 1. The summed E-state index contributed by atoms with van der Waals surface area (Å²) >= 11 is 0. The molecule has 1 aromatic heterocycles. The van der Waals surface area contributed by atoms with Crippen molar-refractivity contribution in [3.63, 3.8) is 0 Å². The third kappa shape index (κ3) is 2.26. The van der Waals surface area contributed by atoms with Gasteiger partial charge in [-0.3, -0.25) is 9.78 Å². The number of ether oxygens (including phenoxy) is 1. The van der Waals surface area contributed by atoms with Crippen LogP contribution in [-0.4, -0.2) is 49.5 Å². The Kier molecular flexibility index (Phi) is 3.96. The van der Waals surface area contributed by atoms with Gasteiger partial charge < -0.3 is 20.1 Å². The van der Waals surface area contributed by atoms with Gasteiger partial charge in [-0.2, -0.15) is 0 Å². The van der Waals surface area contributed by atoms with Crippen molar-refractivity contribution in [3.05, 3.63) is 65.5 Å². The van der Waals surface area contributed by atoms with Crippen molar-refractivity contribution >= 4 is 16.6 Å². The minimum absolute atomic E-state index is 0.161. The summed E-state index contributed by atoms with van der Waals surface area (Å²) in [6, 6.07) is 7.65. The van der Waals surface area contributed by atoms with Crippen LogP contribution in [0.5, 0.6) is 0 Å². The van der Waals surface area contributed by atoms with Gasteiger partial charge in [0.25, 0.3) is 0 Å². The fraction of sp³-hybridized carbons (Fsp3) is 0.500. The van der Waals surface area contributed by atoms with E-state index in [0.717, 1.165) is 34.8 Å². The van der Waals surface area contributed by atoms with Gasteiger partial charge in [-0.1, -0.05) is 31.2 Å². The summed E-state index contributed by atoms with van der Waals surface area (Å²) in [5.74, 6) is -0.339. The number of benzene rings is 1. The van der Waals surface area contributed by atoms with E-state index in [1.54, 1.807) is 12.4 Å². The molecule has 2 saturated carbocycles. The number of aliphatic hydroxyl groups excluding tert-OH is 2. The second-order valence-electron chi connectivity index (χ2n) is 11.2. The third-order valence-corrected chi connectivity index (χ3v) is 9.89. The maximum atomic E-state index is 13.7. The molecule has 0 radical (unpaired) electrons. The number of allylic oxidation sites excluding steroid dienone is 1. The molecule has 3 N–H and O–H groups in total. The summed E-state index contributed by atoms with van der Waals surface area (Å²) in [4.78, 5) is 17.9. The van der Waals surface area contributed by atoms with E-state index in [2.05, 4.69) is 11.1 Å². The van der Waals surface area contributed by atoms with E-state index in [0.29, 0.717) is 24.8 Å². The molecule has 1 saturated heterocycles. The Bertz CT molecular complexity index is 1320. The minimum Gasteiger partial charge on any atom is -0.390 e. The first-order chi connectivity index (χ1) is 16.2. The molecule has 2 aromatic rings. The number of hydrogen-bond acceptors (Lipinski definition) is 6. The lowest BCUT2D eigenvalue weighted by Crippen LogP contribution is -2.58. The maximum Gasteiger partial charge on any atom is 0.169 e. The maximum absolute atomic E-state index is 13.7. The molecule has 3 aliphatic carbocycles. The molecule has 1 aromatic carbocycles. The average molecular weight is 460 g/mol. The fourth-order valence-corrected chi connectivity index (χ4v) is 7.99. The van der Waals surface area contributed by atoms with E-state index >= 15 is 0 Å². The smallest absolute Gasteiger partial charge is 0.169 e. The molecule has 3 heterocycles. The van der Waals surface area contributed by atoms with Crippen LogP contribution in [0.15, 0.2) is 60.0 Å². The van der Waals surface area contributed by atoms with Crippen LogP contribution in [0.25, 0.3) is 10.8 Å². The highest BCUT2D eigenvalue weighted by molar-refractivity contribution is 5.94. The zero-order valence-corrected chi connectivity index (χ0v) is 19.2. The van der Waals surface area contributed by atoms with Gasteiger partial charge in [-0.25, -0.2) is 0 Å². The highest BCUT2D eigenvalue weighted by Gasteiger charge is 2.73. The van der Waals surface area contributed by atoms with Gasteiger partial charge in [-0.15, -0.1) is 0 Å². The number of fused-ring (bicyclic) bond motifs is 2. The number of ketones is 1. The SMILES string of the molecule is C[C@]12CC=C3C=C4[C@@H](O)[C@H](O)CC[C@]45CC[C@]3(O5)[C@@H]1CC(=O)[C@]2(O)c1ccc2ccncc2c1. The minimum atomic E-state index is -1.62. The predicted octanol–water partition coefficient (Wildman–Crippen LogP) is 3.09. The Morgan fingerprint density at radius 2 is 1.97 bits per heavy atom. The van der Waals surface area contributed by atoms with E-state index in [4.69, 9.17) is 4.74 Å². The molecule has 7 rings (SSSR count). The second-order valence-corrected chi connectivity index (χ2v) is 11.2.